The molecule has 6 heteroatoms. The second-order valence-electron chi connectivity index (χ2n) is 4.95. The molecule has 1 atom stereocenters. The number of likely N-dealkylation sites (tertiary alicyclic amines) is 1. The van der Waals surface area contributed by atoms with Crippen LogP contribution < -0.4 is 5.73 Å². The van der Waals surface area contributed by atoms with Crippen LogP contribution in [0, 0.1) is 0 Å². The van der Waals surface area contributed by atoms with Crippen LogP contribution in [0.15, 0.2) is 18.2 Å². The summed E-state index contributed by atoms with van der Waals surface area (Å²) in [5.74, 6) is 0. The van der Waals surface area contributed by atoms with Gasteiger partial charge >= 0.3 is 6.18 Å². The zero-order valence-electron chi connectivity index (χ0n) is 10.5. The fourth-order valence-corrected chi connectivity index (χ4v) is 2.41. The average Bonchev–Trinajstić information content (AvgIpc) is 2.30. The molecule has 1 fully saturated rings. The predicted octanol–water partition coefficient (Wildman–Crippen LogP) is 2.24. The molecule has 1 aliphatic heterocycles. The Morgan fingerprint density at radius 2 is 2.11 bits per heavy atom. The maximum atomic E-state index is 12.9. The number of aliphatic hydroxyl groups is 1. The van der Waals surface area contributed by atoms with Gasteiger partial charge in [0.15, 0.2) is 0 Å². The summed E-state index contributed by atoms with van der Waals surface area (Å²) in [5.41, 5.74) is 5.05. The number of rotatable bonds is 2. The summed E-state index contributed by atoms with van der Waals surface area (Å²) >= 11 is 0. The van der Waals surface area contributed by atoms with Crippen molar-refractivity contribution in [2.24, 2.45) is 0 Å². The molecular formula is C13H17F3N2O. The van der Waals surface area contributed by atoms with Gasteiger partial charge < -0.3 is 10.8 Å². The molecule has 106 valence electrons. The van der Waals surface area contributed by atoms with E-state index < -0.39 is 17.8 Å². The van der Waals surface area contributed by atoms with Crippen LogP contribution in [0.4, 0.5) is 18.9 Å². The summed E-state index contributed by atoms with van der Waals surface area (Å²) in [6.07, 6.45) is -3.34. The molecule has 1 unspecified atom stereocenters. The van der Waals surface area contributed by atoms with Crippen LogP contribution in [0.3, 0.4) is 0 Å². The number of alkyl halides is 3. The average molecular weight is 274 g/mol. The summed E-state index contributed by atoms with van der Waals surface area (Å²) in [4.78, 5) is 1.84. The second kappa shape index (κ2) is 5.38. The van der Waals surface area contributed by atoms with Gasteiger partial charge in [0, 0.05) is 18.8 Å². The van der Waals surface area contributed by atoms with Gasteiger partial charge in [-0.15, -0.1) is 0 Å². The number of anilines is 1. The highest BCUT2D eigenvalue weighted by atomic mass is 19.4. The Kier molecular flexibility index (Phi) is 4.01. The minimum atomic E-state index is -4.40. The minimum Gasteiger partial charge on any atom is -0.399 e. The molecule has 1 heterocycles. The van der Waals surface area contributed by atoms with Crippen molar-refractivity contribution in [2.45, 2.75) is 31.7 Å². The van der Waals surface area contributed by atoms with Crippen LogP contribution in [0.2, 0.25) is 0 Å². The first kappa shape index (κ1) is 14.1. The van der Waals surface area contributed by atoms with Gasteiger partial charge in [-0.25, -0.2) is 0 Å². The normalized spacial score (nSPS) is 21.6. The zero-order valence-corrected chi connectivity index (χ0v) is 10.5. The third-order valence-corrected chi connectivity index (χ3v) is 3.31. The molecule has 1 aliphatic rings. The van der Waals surface area contributed by atoms with Gasteiger partial charge in [0.05, 0.1) is 11.7 Å². The second-order valence-corrected chi connectivity index (χ2v) is 4.95. The van der Waals surface area contributed by atoms with Gasteiger partial charge in [-0.3, -0.25) is 4.90 Å². The Morgan fingerprint density at radius 1 is 1.37 bits per heavy atom. The van der Waals surface area contributed by atoms with E-state index >= 15 is 0 Å². The molecule has 1 aromatic carbocycles. The van der Waals surface area contributed by atoms with Gasteiger partial charge in [0.25, 0.3) is 0 Å². The smallest absolute Gasteiger partial charge is 0.399 e. The zero-order chi connectivity index (χ0) is 14.0. The highest BCUT2D eigenvalue weighted by molar-refractivity contribution is 5.46. The molecule has 0 aromatic heterocycles. The molecule has 0 aliphatic carbocycles. The molecule has 3 N–H and O–H groups in total. The van der Waals surface area contributed by atoms with E-state index in [1.54, 1.807) is 0 Å². The monoisotopic (exact) mass is 274 g/mol. The highest BCUT2D eigenvalue weighted by Gasteiger charge is 2.34. The van der Waals surface area contributed by atoms with Crippen molar-refractivity contribution in [1.82, 2.24) is 4.90 Å². The lowest BCUT2D eigenvalue weighted by molar-refractivity contribution is -0.138. The van der Waals surface area contributed by atoms with E-state index in [9.17, 15) is 18.3 Å². The molecule has 3 nitrogen and oxygen atoms in total. The lowest BCUT2D eigenvalue weighted by atomic mass is 10.0. The molecule has 0 amide bonds. The van der Waals surface area contributed by atoms with Gasteiger partial charge in [-0.2, -0.15) is 13.2 Å². The number of hydrogen-bond donors (Lipinski definition) is 2. The first-order valence-electron chi connectivity index (χ1n) is 6.22. The fourth-order valence-electron chi connectivity index (χ4n) is 2.41. The molecule has 1 saturated heterocycles. The Hall–Kier alpha value is -1.27. The van der Waals surface area contributed by atoms with Gasteiger partial charge in [0.1, 0.15) is 0 Å². The molecule has 0 saturated carbocycles. The molecular weight excluding hydrogens is 257 g/mol. The predicted molar refractivity (Wildman–Crippen MR) is 66.4 cm³/mol. The Balaban J connectivity index is 2.20. The van der Waals surface area contributed by atoms with E-state index in [-0.39, 0.29) is 17.8 Å². The van der Waals surface area contributed by atoms with E-state index in [1.165, 1.54) is 12.1 Å². The molecule has 0 bridgehead atoms. The quantitative estimate of drug-likeness (QED) is 0.813. The maximum absolute atomic E-state index is 12.9. The summed E-state index contributed by atoms with van der Waals surface area (Å²) in [6, 6.07) is 3.86. The summed E-state index contributed by atoms with van der Waals surface area (Å²) in [6.45, 7) is 1.31. The Labute approximate surface area is 109 Å². The van der Waals surface area contributed by atoms with Crippen LogP contribution in [0.1, 0.15) is 24.0 Å². The van der Waals surface area contributed by atoms with Crippen molar-refractivity contribution in [3.63, 3.8) is 0 Å². The molecule has 1 aromatic rings. The van der Waals surface area contributed by atoms with Crippen LogP contribution in [-0.2, 0) is 12.7 Å². The van der Waals surface area contributed by atoms with E-state index in [0.717, 1.165) is 12.5 Å². The summed E-state index contributed by atoms with van der Waals surface area (Å²) < 4.78 is 38.8. The molecule has 2 rings (SSSR count). The first-order valence-corrected chi connectivity index (χ1v) is 6.22. The first-order chi connectivity index (χ1) is 8.86. The number of nitrogens with two attached hydrogens (primary N) is 1. The van der Waals surface area contributed by atoms with Crippen LogP contribution in [0.5, 0.6) is 0 Å². The minimum absolute atomic E-state index is 0.106. The van der Waals surface area contributed by atoms with Gasteiger partial charge in [0.2, 0.25) is 0 Å². The number of benzene rings is 1. The Bertz CT molecular complexity index is 448. The number of nitrogens with zero attached hydrogens (tertiary/aromatic N) is 1. The van der Waals surface area contributed by atoms with E-state index in [0.29, 0.717) is 19.5 Å². The Morgan fingerprint density at radius 3 is 2.74 bits per heavy atom. The van der Waals surface area contributed by atoms with E-state index in [1.807, 2.05) is 4.90 Å². The van der Waals surface area contributed by atoms with Crippen LogP contribution >= 0.6 is 0 Å². The largest absolute Gasteiger partial charge is 0.416 e. The van der Waals surface area contributed by atoms with Crippen molar-refractivity contribution in [3.8, 4) is 0 Å². The van der Waals surface area contributed by atoms with Gasteiger partial charge in [-0.05, 0) is 37.1 Å². The van der Waals surface area contributed by atoms with Crippen molar-refractivity contribution in [3.05, 3.63) is 29.3 Å². The van der Waals surface area contributed by atoms with Crippen LogP contribution in [-0.4, -0.2) is 29.2 Å². The summed E-state index contributed by atoms with van der Waals surface area (Å²) in [7, 11) is 0. The number of β-amino-alcohol motifs (C(OH)–C–C–N with tert-alkyl or cyclic N) is 1. The van der Waals surface area contributed by atoms with Crippen LogP contribution in [0.25, 0.3) is 0 Å². The fraction of sp³-hybridized carbons (Fsp3) is 0.538. The van der Waals surface area contributed by atoms with E-state index in [2.05, 4.69) is 0 Å². The van der Waals surface area contributed by atoms with Crippen molar-refractivity contribution in [1.29, 1.82) is 0 Å². The number of hydrogen-bond acceptors (Lipinski definition) is 3. The summed E-state index contributed by atoms with van der Waals surface area (Å²) in [5, 5.41) is 9.55. The van der Waals surface area contributed by atoms with Gasteiger partial charge in [-0.1, -0.05) is 6.07 Å². The standard InChI is InChI=1S/C13H17F3N2O/c14-13(15,16)12-6-10(17)4-3-9(12)7-18-5-1-2-11(19)8-18/h3-4,6,11,19H,1-2,5,7-8,17H2. The SMILES string of the molecule is Nc1ccc(CN2CCCC(O)C2)c(C(F)(F)F)c1. The number of aliphatic hydroxyl groups excluding tert-OH is 1. The highest BCUT2D eigenvalue weighted by Crippen LogP contribution is 2.34. The number of halogens is 3. The number of nitrogen functional groups attached to an aromatic ring is 1. The lowest BCUT2D eigenvalue weighted by Gasteiger charge is -2.30. The molecule has 0 radical (unpaired) electrons. The third-order valence-electron chi connectivity index (χ3n) is 3.31. The molecule has 19 heavy (non-hydrogen) atoms. The lowest BCUT2D eigenvalue weighted by Crippen LogP contribution is -2.38. The molecule has 0 spiro atoms. The van der Waals surface area contributed by atoms with Crippen molar-refractivity contribution in [2.75, 3.05) is 18.8 Å². The third kappa shape index (κ3) is 3.61. The number of piperidine rings is 1. The van der Waals surface area contributed by atoms with E-state index in [4.69, 9.17) is 5.73 Å². The maximum Gasteiger partial charge on any atom is 0.416 e. The van der Waals surface area contributed by atoms with Crippen molar-refractivity contribution >= 4 is 5.69 Å². The van der Waals surface area contributed by atoms with Crippen molar-refractivity contribution < 1.29 is 18.3 Å². The topological polar surface area (TPSA) is 49.5 Å².